The normalized spacial score (nSPS) is 11.4. The monoisotopic (exact) mass is 277 g/mol. The molecule has 0 saturated carbocycles. The summed E-state index contributed by atoms with van der Waals surface area (Å²) in [5.74, 6) is 0. The van der Waals surface area contributed by atoms with Crippen LogP contribution in [0.5, 0.6) is 0 Å². The van der Waals surface area contributed by atoms with Crippen molar-refractivity contribution in [2.24, 2.45) is 10.8 Å². The Morgan fingerprint density at radius 1 is 1.69 bits per heavy atom. The van der Waals surface area contributed by atoms with Gasteiger partial charge in [-0.3, -0.25) is 5.43 Å². The van der Waals surface area contributed by atoms with Crippen molar-refractivity contribution in [2.45, 2.75) is 6.92 Å². The van der Waals surface area contributed by atoms with Gasteiger partial charge in [0.2, 0.25) is 0 Å². The van der Waals surface area contributed by atoms with Crippen LogP contribution in [0.3, 0.4) is 0 Å². The Balaban J connectivity index is 2.72. The molecule has 70 valence electrons. The Hall–Kier alpha value is -0.460. The molecule has 1 aromatic heterocycles. The molecule has 13 heavy (non-hydrogen) atoms. The third-order valence-corrected chi connectivity index (χ3v) is 3.09. The summed E-state index contributed by atoms with van der Waals surface area (Å²) in [4.78, 5) is 1.08. The summed E-state index contributed by atoms with van der Waals surface area (Å²) in [6.45, 7) is 1.89. The smallest absolute Gasteiger partial charge is 0.184 e. The number of nitrogens with one attached hydrogen (secondary N) is 1. The Labute approximate surface area is 94.1 Å². The molecule has 1 heterocycles. The summed E-state index contributed by atoms with van der Waals surface area (Å²) in [7, 11) is 0. The molecule has 3 nitrogen and oxygen atoms in total. The lowest BCUT2D eigenvalue weighted by atomic mass is 10.3. The van der Waals surface area contributed by atoms with Gasteiger partial charge < -0.3 is 5.73 Å². The Kier molecular flexibility index (Phi) is 3.83. The SMILES string of the molecule is C/C(=N/NC(N)=S)c1ccc(Br)s1. The second-order valence-corrected chi connectivity index (χ2v) is 5.18. The minimum atomic E-state index is 0.176. The second-order valence-electron chi connectivity index (χ2n) is 2.28. The number of halogens is 1. The van der Waals surface area contributed by atoms with E-state index < -0.39 is 0 Å². The summed E-state index contributed by atoms with van der Waals surface area (Å²) < 4.78 is 1.08. The Bertz CT molecular complexity index is 345. The van der Waals surface area contributed by atoms with E-state index in [1.54, 1.807) is 11.3 Å². The zero-order valence-corrected chi connectivity index (χ0v) is 10.1. The zero-order chi connectivity index (χ0) is 9.84. The molecule has 0 spiro atoms. The van der Waals surface area contributed by atoms with E-state index in [4.69, 9.17) is 5.73 Å². The minimum Gasteiger partial charge on any atom is -0.375 e. The van der Waals surface area contributed by atoms with Crippen molar-refractivity contribution in [3.8, 4) is 0 Å². The first-order valence-electron chi connectivity index (χ1n) is 3.45. The van der Waals surface area contributed by atoms with Crippen LogP contribution in [-0.4, -0.2) is 10.8 Å². The van der Waals surface area contributed by atoms with Crippen molar-refractivity contribution >= 4 is 50.3 Å². The van der Waals surface area contributed by atoms with Gasteiger partial charge in [-0.2, -0.15) is 5.10 Å². The van der Waals surface area contributed by atoms with Crippen LogP contribution in [-0.2, 0) is 0 Å². The molecule has 0 fully saturated rings. The molecule has 0 unspecified atom stereocenters. The van der Waals surface area contributed by atoms with Gasteiger partial charge >= 0.3 is 0 Å². The molecule has 0 radical (unpaired) electrons. The maximum absolute atomic E-state index is 5.23. The predicted molar refractivity (Wildman–Crippen MR) is 64.2 cm³/mol. The van der Waals surface area contributed by atoms with E-state index in [2.05, 4.69) is 38.7 Å². The first kappa shape index (κ1) is 10.6. The number of hydrazone groups is 1. The van der Waals surface area contributed by atoms with Crippen molar-refractivity contribution in [1.29, 1.82) is 0 Å². The highest BCUT2D eigenvalue weighted by Crippen LogP contribution is 2.22. The number of nitrogens with two attached hydrogens (primary N) is 1. The summed E-state index contributed by atoms with van der Waals surface area (Å²) in [5.41, 5.74) is 8.64. The Morgan fingerprint density at radius 3 is 2.85 bits per heavy atom. The van der Waals surface area contributed by atoms with Gasteiger partial charge in [-0.05, 0) is 47.2 Å². The molecular formula is C7H8BrN3S2. The second kappa shape index (κ2) is 4.69. The zero-order valence-electron chi connectivity index (χ0n) is 6.87. The number of hydrogen-bond acceptors (Lipinski definition) is 3. The maximum atomic E-state index is 5.23. The van der Waals surface area contributed by atoms with E-state index in [1.165, 1.54) is 0 Å². The van der Waals surface area contributed by atoms with Crippen molar-refractivity contribution in [1.82, 2.24) is 5.43 Å². The lowest BCUT2D eigenvalue weighted by Crippen LogP contribution is -2.25. The molecule has 3 N–H and O–H groups in total. The molecule has 0 aliphatic rings. The number of hydrogen-bond donors (Lipinski definition) is 2. The quantitative estimate of drug-likeness (QED) is 0.494. The highest BCUT2D eigenvalue weighted by Gasteiger charge is 2.00. The summed E-state index contributed by atoms with van der Waals surface area (Å²) in [6.07, 6.45) is 0. The van der Waals surface area contributed by atoms with Crippen LogP contribution in [0.1, 0.15) is 11.8 Å². The van der Waals surface area contributed by atoms with Crippen molar-refractivity contribution in [3.05, 3.63) is 20.8 Å². The fraction of sp³-hybridized carbons (Fsp3) is 0.143. The average Bonchev–Trinajstić information content (AvgIpc) is 2.47. The van der Waals surface area contributed by atoms with Gasteiger partial charge in [-0.15, -0.1) is 11.3 Å². The molecular weight excluding hydrogens is 270 g/mol. The first-order chi connectivity index (χ1) is 6.09. The van der Waals surface area contributed by atoms with E-state index in [0.29, 0.717) is 0 Å². The minimum absolute atomic E-state index is 0.176. The third kappa shape index (κ3) is 3.41. The van der Waals surface area contributed by atoms with Crippen LogP contribution in [0.25, 0.3) is 0 Å². The van der Waals surface area contributed by atoms with Gasteiger partial charge in [-0.25, -0.2) is 0 Å². The van der Waals surface area contributed by atoms with Crippen LogP contribution in [0.2, 0.25) is 0 Å². The topological polar surface area (TPSA) is 50.4 Å². The van der Waals surface area contributed by atoms with E-state index in [-0.39, 0.29) is 5.11 Å². The van der Waals surface area contributed by atoms with E-state index in [9.17, 15) is 0 Å². The van der Waals surface area contributed by atoms with Crippen molar-refractivity contribution in [2.75, 3.05) is 0 Å². The fourth-order valence-electron chi connectivity index (χ4n) is 0.703. The van der Waals surface area contributed by atoms with Gasteiger partial charge in [0.25, 0.3) is 0 Å². The lowest BCUT2D eigenvalue weighted by molar-refractivity contribution is 1.03. The third-order valence-electron chi connectivity index (χ3n) is 1.26. The van der Waals surface area contributed by atoms with Gasteiger partial charge in [0.1, 0.15) is 0 Å². The number of thiophene rings is 1. The van der Waals surface area contributed by atoms with Gasteiger partial charge in [0.15, 0.2) is 5.11 Å². The Morgan fingerprint density at radius 2 is 2.38 bits per heavy atom. The lowest BCUT2D eigenvalue weighted by Gasteiger charge is -1.97. The first-order valence-corrected chi connectivity index (χ1v) is 5.47. The largest absolute Gasteiger partial charge is 0.375 e. The average molecular weight is 278 g/mol. The number of nitrogens with zero attached hydrogens (tertiary/aromatic N) is 1. The summed E-state index contributed by atoms with van der Waals surface area (Å²) in [5, 5.41) is 4.17. The molecule has 0 amide bonds. The molecule has 0 atom stereocenters. The van der Waals surface area contributed by atoms with Crippen LogP contribution in [0.15, 0.2) is 21.0 Å². The molecule has 0 aromatic carbocycles. The van der Waals surface area contributed by atoms with Crippen molar-refractivity contribution in [3.63, 3.8) is 0 Å². The van der Waals surface area contributed by atoms with Crippen LogP contribution in [0, 0.1) is 0 Å². The molecule has 0 bridgehead atoms. The summed E-state index contributed by atoms with van der Waals surface area (Å²) >= 11 is 9.61. The van der Waals surface area contributed by atoms with E-state index in [1.807, 2.05) is 19.1 Å². The standard InChI is InChI=1S/C7H8BrN3S2/c1-4(10-11-7(9)12)5-2-3-6(8)13-5/h2-3H,1H3,(H3,9,11,12)/b10-4-. The number of thiocarbonyl (C=S) groups is 1. The van der Waals surface area contributed by atoms with E-state index in [0.717, 1.165) is 14.4 Å². The molecule has 1 rings (SSSR count). The maximum Gasteiger partial charge on any atom is 0.184 e. The van der Waals surface area contributed by atoms with Gasteiger partial charge in [0.05, 0.1) is 14.4 Å². The molecule has 0 aliphatic carbocycles. The predicted octanol–water partition coefficient (Wildman–Crippen LogP) is 2.07. The van der Waals surface area contributed by atoms with E-state index >= 15 is 0 Å². The van der Waals surface area contributed by atoms with Crippen LogP contribution < -0.4 is 11.2 Å². The van der Waals surface area contributed by atoms with Crippen molar-refractivity contribution < 1.29 is 0 Å². The highest BCUT2D eigenvalue weighted by molar-refractivity contribution is 9.11. The molecule has 6 heteroatoms. The molecule has 0 saturated heterocycles. The van der Waals surface area contributed by atoms with Crippen LogP contribution in [0.4, 0.5) is 0 Å². The van der Waals surface area contributed by atoms with Gasteiger partial charge in [-0.1, -0.05) is 0 Å². The molecule has 1 aromatic rings. The number of rotatable bonds is 2. The van der Waals surface area contributed by atoms with Gasteiger partial charge in [0, 0.05) is 0 Å². The fourth-order valence-corrected chi connectivity index (χ4v) is 2.08. The van der Waals surface area contributed by atoms with Crippen LogP contribution >= 0.6 is 39.5 Å². The summed E-state index contributed by atoms with van der Waals surface area (Å²) in [6, 6.07) is 3.95. The molecule has 0 aliphatic heterocycles. The highest BCUT2D eigenvalue weighted by atomic mass is 79.9.